The number of aromatic nitrogens is 5. The van der Waals surface area contributed by atoms with Crippen molar-refractivity contribution in [2.45, 2.75) is 0 Å². The fourth-order valence-electron chi connectivity index (χ4n) is 3.72. The third kappa shape index (κ3) is 4.25. The molecule has 0 amide bonds. The zero-order chi connectivity index (χ0) is 24.0. The van der Waals surface area contributed by atoms with Crippen LogP contribution in [0.15, 0.2) is 67.4 Å². The van der Waals surface area contributed by atoms with E-state index in [1.54, 1.807) is 40.1 Å². The van der Waals surface area contributed by atoms with Crippen LogP contribution in [-0.4, -0.2) is 39.0 Å². The highest BCUT2D eigenvalue weighted by molar-refractivity contribution is 7.92. The summed E-state index contributed by atoms with van der Waals surface area (Å²) in [4.78, 5) is 8.97. The van der Waals surface area contributed by atoms with E-state index in [9.17, 15) is 17.2 Å². The standard InChI is InChI=1S/C23H18F2N6O2S/c1-30-12-16(11-28-30)15-7-22-23(26-10-15)31(13-27-22)19-6-14(5-18(9-19)29-34(2,32)33)20-4-3-17(24)8-21(20)25/h3-13,29H,1-2H3. The van der Waals surface area contributed by atoms with Gasteiger partial charge in [0.2, 0.25) is 10.0 Å². The molecule has 0 aliphatic heterocycles. The Kier molecular flexibility index (Phi) is 5.13. The van der Waals surface area contributed by atoms with Gasteiger partial charge in [-0.3, -0.25) is 14.0 Å². The molecule has 34 heavy (non-hydrogen) atoms. The first-order valence-corrected chi connectivity index (χ1v) is 12.0. The molecule has 0 radical (unpaired) electrons. The fourth-order valence-corrected chi connectivity index (χ4v) is 4.27. The van der Waals surface area contributed by atoms with Gasteiger partial charge in [0.1, 0.15) is 23.5 Å². The topological polar surface area (TPSA) is 94.7 Å². The third-order valence-corrected chi connectivity index (χ3v) is 5.77. The van der Waals surface area contributed by atoms with Gasteiger partial charge in [0.25, 0.3) is 0 Å². The Bertz CT molecular complexity index is 1660. The molecule has 0 atom stereocenters. The summed E-state index contributed by atoms with van der Waals surface area (Å²) in [5, 5.41) is 4.17. The number of halogens is 2. The summed E-state index contributed by atoms with van der Waals surface area (Å²) in [6.45, 7) is 0. The summed E-state index contributed by atoms with van der Waals surface area (Å²) in [6, 6.07) is 9.81. The lowest BCUT2D eigenvalue weighted by atomic mass is 10.0. The lowest BCUT2D eigenvalue weighted by Gasteiger charge is -2.13. The van der Waals surface area contributed by atoms with E-state index in [0.29, 0.717) is 22.4 Å². The van der Waals surface area contributed by atoms with Gasteiger partial charge in [-0.1, -0.05) is 0 Å². The van der Waals surface area contributed by atoms with E-state index in [4.69, 9.17) is 0 Å². The highest BCUT2D eigenvalue weighted by atomic mass is 32.2. The number of rotatable bonds is 5. The van der Waals surface area contributed by atoms with E-state index < -0.39 is 21.7 Å². The molecular weight excluding hydrogens is 462 g/mol. The minimum Gasteiger partial charge on any atom is -0.284 e. The lowest BCUT2D eigenvalue weighted by Crippen LogP contribution is -2.10. The van der Waals surface area contributed by atoms with Gasteiger partial charge in [-0.05, 0) is 42.0 Å². The SMILES string of the molecule is Cn1cc(-c2cnc3c(c2)ncn3-c2cc(NS(C)(=O)=O)cc(-c3ccc(F)cc3F)c2)cn1. The van der Waals surface area contributed by atoms with Crippen molar-refractivity contribution in [3.63, 3.8) is 0 Å². The minimum absolute atomic E-state index is 0.121. The zero-order valence-electron chi connectivity index (χ0n) is 18.1. The highest BCUT2D eigenvalue weighted by Gasteiger charge is 2.15. The first-order valence-electron chi connectivity index (χ1n) is 10.1. The summed E-state index contributed by atoms with van der Waals surface area (Å²) >= 11 is 0. The molecule has 0 saturated heterocycles. The molecule has 0 aliphatic rings. The van der Waals surface area contributed by atoms with E-state index in [2.05, 4.69) is 19.8 Å². The monoisotopic (exact) mass is 480 g/mol. The van der Waals surface area contributed by atoms with Gasteiger partial charge in [0.15, 0.2) is 5.65 Å². The van der Waals surface area contributed by atoms with Crippen LogP contribution in [-0.2, 0) is 17.1 Å². The fraction of sp³-hybridized carbons (Fsp3) is 0.0870. The Morgan fingerprint density at radius 2 is 1.76 bits per heavy atom. The number of imidazole rings is 1. The predicted octanol–water partition coefficient (Wildman–Crippen LogP) is 4.14. The number of aryl methyl sites for hydroxylation is 1. The molecule has 1 N–H and O–H groups in total. The first kappa shape index (κ1) is 21.7. The number of nitrogens with zero attached hydrogens (tertiary/aromatic N) is 5. The molecule has 0 fully saturated rings. The van der Waals surface area contributed by atoms with Crippen molar-refractivity contribution < 1.29 is 17.2 Å². The van der Waals surface area contributed by atoms with Crippen molar-refractivity contribution in [3.05, 3.63) is 79.0 Å². The Hall–Kier alpha value is -4.12. The Labute approximate surface area is 193 Å². The maximum atomic E-state index is 14.5. The van der Waals surface area contributed by atoms with Crippen LogP contribution in [0.1, 0.15) is 0 Å². The second-order valence-corrected chi connectivity index (χ2v) is 9.60. The van der Waals surface area contributed by atoms with Gasteiger partial charge in [0, 0.05) is 42.2 Å². The number of hydrogen-bond donors (Lipinski definition) is 1. The molecule has 2 aromatic carbocycles. The quantitative estimate of drug-likeness (QED) is 0.408. The molecule has 3 aromatic heterocycles. The number of anilines is 1. The Balaban J connectivity index is 1.65. The number of benzene rings is 2. The molecule has 8 nitrogen and oxygen atoms in total. The van der Waals surface area contributed by atoms with Crippen molar-refractivity contribution in [1.29, 1.82) is 0 Å². The average molecular weight is 481 g/mol. The lowest BCUT2D eigenvalue weighted by molar-refractivity contribution is 0.585. The maximum Gasteiger partial charge on any atom is 0.229 e. The number of pyridine rings is 1. The molecule has 0 saturated carbocycles. The minimum atomic E-state index is -3.61. The van der Waals surface area contributed by atoms with Gasteiger partial charge >= 0.3 is 0 Å². The summed E-state index contributed by atoms with van der Waals surface area (Å²) in [6.07, 6.45) is 7.85. The summed E-state index contributed by atoms with van der Waals surface area (Å²) in [5.41, 5.74) is 4.05. The summed E-state index contributed by atoms with van der Waals surface area (Å²) in [5.74, 6) is -1.47. The largest absolute Gasteiger partial charge is 0.284 e. The van der Waals surface area contributed by atoms with Crippen molar-refractivity contribution >= 4 is 26.9 Å². The van der Waals surface area contributed by atoms with Gasteiger partial charge in [-0.25, -0.2) is 27.2 Å². The van der Waals surface area contributed by atoms with Gasteiger partial charge in [0.05, 0.1) is 23.8 Å². The molecule has 0 bridgehead atoms. The van der Waals surface area contributed by atoms with Crippen LogP contribution in [0, 0.1) is 11.6 Å². The van der Waals surface area contributed by atoms with Crippen LogP contribution >= 0.6 is 0 Å². The van der Waals surface area contributed by atoms with Crippen molar-refractivity contribution in [1.82, 2.24) is 24.3 Å². The van der Waals surface area contributed by atoms with E-state index in [-0.39, 0.29) is 11.3 Å². The number of sulfonamides is 1. The van der Waals surface area contributed by atoms with Crippen LogP contribution in [0.3, 0.4) is 0 Å². The van der Waals surface area contributed by atoms with Crippen molar-refractivity contribution in [3.8, 4) is 27.9 Å². The first-order chi connectivity index (χ1) is 16.2. The van der Waals surface area contributed by atoms with E-state index >= 15 is 0 Å². The number of nitrogens with one attached hydrogen (secondary N) is 1. The van der Waals surface area contributed by atoms with Crippen LogP contribution in [0.4, 0.5) is 14.5 Å². The molecule has 0 unspecified atom stereocenters. The predicted molar refractivity (Wildman–Crippen MR) is 125 cm³/mol. The smallest absolute Gasteiger partial charge is 0.229 e. The third-order valence-electron chi connectivity index (χ3n) is 5.17. The maximum absolute atomic E-state index is 14.5. The molecule has 172 valence electrons. The van der Waals surface area contributed by atoms with E-state index in [1.807, 2.05) is 19.3 Å². The molecule has 0 aliphatic carbocycles. The molecule has 0 spiro atoms. The van der Waals surface area contributed by atoms with Gasteiger partial charge in [-0.15, -0.1) is 0 Å². The van der Waals surface area contributed by atoms with Crippen molar-refractivity contribution in [2.24, 2.45) is 7.05 Å². The molecule has 11 heteroatoms. The van der Waals surface area contributed by atoms with Crippen LogP contribution in [0.5, 0.6) is 0 Å². The summed E-state index contributed by atoms with van der Waals surface area (Å²) in [7, 11) is -1.78. The van der Waals surface area contributed by atoms with Crippen molar-refractivity contribution in [2.75, 3.05) is 11.0 Å². The van der Waals surface area contributed by atoms with Crippen LogP contribution in [0.25, 0.3) is 39.1 Å². The Morgan fingerprint density at radius 1 is 0.941 bits per heavy atom. The molecule has 3 heterocycles. The normalized spacial score (nSPS) is 11.8. The second-order valence-electron chi connectivity index (χ2n) is 7.85. The second kappa shape index (κ2) is 8.03. The summed E-state index contributed by atoms with van der Waals surface area (Å²) < 4.78 is 57.5. The van der Waals surface area contributed by atoms with Gasteiger partial charge in [-0.2, -0.15) is 5.10 Å². The molecular formula is C23H18F2N6O2S. The highest BCUT2D eigenvalue weighted by Crippen LogP contribution is 2.31. The van der Waals surface area contributed by atoms with Gasteiger partial charge < -0.3 is 0 Å². The van der Waals surface area contributed by atoms with E-state index in [0.717, 1.165) is 29.5 Å². The number of hydrogen-bond acceptors (Lipinski definition) is 5. The van der Waals surface area contributed by atoms with Crippen LogP contribution in [0.2, 0.25) is 0 Å². The van der Waals surface area contributed by atoms with E-state index in [1.165, 1.54) is 12.1 Å². The zero-order valence-corrected chi connectivity index (χ0v) is 18.9. The average Bonchev–Trinajstić information content (AvgIpc) is 3.38. The molecule has 5 aromatic rings. The Morgan fingerprint density at radius 3 is 2.47 bits per heavy atom. The molecule has 5 rings (SSSR count). The number of fused-ring (bicyclic) bond motifs is 1. The van der Waals surface area contributed by atoms with Crippen LogP contribution < -0.4 is 4.72 Å².